The van der Waals surface area contributed by atoms with Crippen molar-refractivity contribution in [1.29, 1.82) is 0 Å². The second-order valence-electron chi connectivity index (χ2n) is 4.74. The minimum absolute atomic E-state index is 0. The van der Waals surface area contributed by atoms with Gasteiger partial charge >= 0.3 is 149 Å². The molecular formula is C18H14Br2N2NiS2. The van der Waals surface area contributed by atoms with Gasteiger partial charge in [0, 0.05) is 0 Å². The van der Waals surface area contributed by atoms with Gasteiger partial charge in [0.05, 0.1) is 0 Å². The summed E-state index contributed by atoms with van der Waals surface area (Å²) < 4.78 is 11.4. The number of aromatic nitrogens is 2. The van der Waals surface area contributed by atoms with Crippen molar-refractivity contribution in [2.24, 2.45) is 0 Å². The fourth-order valence-corrected chi connectivity index (χ4v) is 4.60. The van der Waals surface area contributed by atoms with Crippen LogP contribution in [0.15, 0.2) is 71.4 Å². The van der Waals surface area contributed by atoms with Crippen LogP contribution in [0.2, 0.25) is 0 Å². The first-order valence-electron chi connectivity index (χ1n) is 7.00. The first-order valence-corrected chi connectivity index (χ1v) is 9.66. The van der Waals surface area contributed by atoms with Crippen molar-refractivity contribution in [1.82, 2.24) is 8.75 Å². The van der Waals surface area contributed by atoms with Gasteiger partial charge in [-0.2, -0.15) is 0 Å². The summed E-state index contributed by atoms with van der Waals surface area (Å²) in [5, 5.41) is 4.03. The maximum atomic E-state index is 4.48. The number of nitrogens with zero attached hydrogens (tertiary/aromatic N) is 2. The van der Waals surface area contributed by atoms with Crippen LogP contribution in [0.1, 0.15) is 0 Å². The van der Waals surface area contributed by atoms with Crippen LogP contribution in [0, 0.1) is 0 Å². The van der Waals surface area contributed by atoms with E-state index in [1.54, 1.807) is 14.4 Å². The third-order valence-electron chi connectivity index (χ3n) is 3.29. The predicted molar refractivity (Wildman–Crippen MR) is 115 cm³/mol. The summed E-state index contributed by atoms with van der Waals surface area (Å²) in [5.74, 6) is 0. The van der Waals surface area contributed by atoms with Crippen molar-refractivity contribution in [2.75, 3.05) is 0 Å². The zero-order chi connectivity index (χ0) is 15.5. The Kier molecular flexibility index (Phi) is 7.97. The van der Waals surface area contributed by atoms with Crippen LogP contribution in [-0.2, 0) is 14.4 Å². The first-order chi connectivity index (χ1) is 11.4. The van der Waals surface area contributed by atoms with Crippen molar-refractivity contribution in [3.05, 3.63) is 71.4 Å². The normalized spacial score (nSPS) is 10.1. The molecular weight excluding hydrogens is 527 g/mol. The topological polar surface area (TPSA) is 25.8 Å². The van der Waals surface area contributed by atoms with E-state index in [-0.39, 0.29) is 34.0 Å². The van der Waals surface area contributed by atoms with E-state index in [1.165, 1.54) is 43.3 Å². The van der Waals surface area contributed by atoms with Crippen LogP contribution in [0.4, 0.5) is 0 Å². The van der Waals surface area contributed by atoms with Crippen molar-refractivity contribution in [3.8, 4) is 22.5 Å². The Morgan fingerprint density at radius 1 is 0.600 bits per heavy atom. The van der Waals surface area contributed by atoms with Crippen LogP contribution in [0.5, 0.6) is 0 Å². The van der Waals surface area contributed by atoms with Crippen molar-refractivity contribution >= 4 is 66.1 Å². The van der Waals surface area contributed by atoms with E-state index >= 15 is 0 Å². The summed E-state index contributed by atoms with van der Waals surface area (Å²) in [7, 11) is 0. The summed E-state index contributed by atoms with van der Waals surface area (Å²) >= 11 is 4.51. The van der Waals surface area contributed by atoms with E-state index in [9.17, 15) is 0 Å². The molecule has 132 valence electrons. The minimum atomic E-state index is 0. The quantitative estimate of drug-likeness (QED) is 0.336. The van der Waals surface area contributed by atoms with Gasteiger partial charge in [-0.25, -0.2) is 0 Å². The average Bonchev–Trinajstić information content (AvgIpc) is 3.30. The Morgan fingerprint density at radius 3 is 1.44 bits per heavy atom. The van der Waals surface area contributed by atoms with Crippen LogP contribution in [-0.4, -0.2) is 8.75 Å². The van der Waals surface area contributed by atoms with Gasteiger partial charge in [-0.1, -0.05) is 0 Å². The molecule has 0 saturated heterocycles. The van der Waals surface area contributed by atoms with Crippen LogP contribution < -0.4 is 9.07 Å². The standard InChI is InChI=1S/2C9H6NS.2BrH.Ni/c2*1-2-4-8(5-3-1)9-6-7-11-10-9;;;/h2*1-4,6-7H;2*1H;. The summed E-state index contributed by atoms with van der Waals surface area (Å²) in [6, 6.07) is 21.0. The monoisotopic (exact) mass is 538 g/mol. The van der Waals surface area contributed by atoms with Gasteiger partial charge in [0.25, 0.3) is 0 Å². The molecule has 0 aliphatic heterocycles. The second-order valence-corrected chi connectivity index (χ2v) is 7.38. The maximum absolute atomic E-state index is 4.48. The Hall–Kier alpha value is -0.846. The predicted octanol–water partition coefficient (Wildman–Crippen LogP) is 5.12. The molecule has 25 heavy (non-hydrogen) atoms. The molecule has 0 amide bonds. The molecule has 0 N–H and O–H groups in total. The Morgan fingerprint density at radius 2 is 1.04 bits per heavy atom. The van der Waals surface area contributed by atoms with Gasteiger partial charge in [-0.15, -0.1) is 34.0 Å². The number of hydrogen-bond donors (Lipinski definition) is 0. The molecule has 7 heteroatoms. The third-order valence-corrected chi connectivity index (χ3v) is 5.80. The van der Waals surface area contributed by atoms with Gasteiger partial charge in [0.1, 0.15) is 0 Å². The zero-order valence-electron chi connectivity index (χ0n) is 12.8. The summed E-state index contributed by atoms with van der Waals surface area (Å²) in [5.41, 5.74) is 4.44. The molecule has 0 aliphatic carbocycles. The van der Waals surface area contributed by atoms with Gasteiger partial charge in [0.2, 0.25) is 0 Å². The Balaban J connectivity index is 0.00000113. The molecule has 2 heterocycles. The van der Waals surface area contributed by atoms with E-state index in [2.05, 4.69) is 69.4 Å². The van der Waals surface area contributed by atoms with E-state index in [0.717, 1.165) is 11.4 Å². The molecule has 4 rings (SSSR count). The van der Waals surface area contributed by atoms with Gasteiger partial charge in [-0.3, -0.25) is 0 Å². The Labute approximate surface area is 182 Å². The molecule has 0 aliphatic rings. The molecule has 0 atom stereocenters. The Bertz CT molecular complexity index is 837. The van der Waals surface area contributed by atoms with E-state index in [0.29, 0.717) is 0 Å². The van der Waals surface area contributed by atoms with E-state index in [1.807, 2.05) is 10.8 Å². The average molecular weight is 541 g/mol. The molecule has 0 spiro atoms. The fraction of sp³-hybridized carbons (Fsp3) is 0. The molecule has 2 nitrogen and oxygen atoms in total. The van der Waals surface area contributed by atoms with Gasteiger partial charge in [-0.05, 0) is 0 Å². The molecule has 0 bridgehead atoms. The molecule has 0 fully saturated rings. The van der Waals surface area contributed by atoms with Crippen molar-refractivity contribution < 1.29 is 14.4 Å². The number of halogens is 2. The molecule has 0 saturated carbocycles. The van der Waals surface area contributed by atoms with Crippen molar-refractivity contribution in [3.63, 3.8) is 0 Å². The fourth-order valence-electron chi connectivity index (χ4n) is 2.23. The number of benzene rings is 2. The number of hydrogen-bond acceptors (Lipinski definition) is 4. The summed E-state index contributed by atoms with van der Waals surface area (Å²) in [4.78, 5) is 0. The van der Waals surface area contributed by atoms with E-state index < -0.39 is 0 Å². The molecule has 0 radical (unpaired) electrons. The van der Waals surface area contributed by atoms with Gasteiger partial charge in [0.15, 0.2) is 0 Å². The molecule has 0 unspecified atom stereocenters. The van der Waals surface area contributed by atoms with Gasteiger partial charge < -0.3 is 0 Å². The zero-order valence-corrected chi connectivity index (χ0v) is 18.8. The van der Waals surface area contributed by atoms with Crippen LogP contribution >= 0.6 is 57.0 Å². The SMILES string of the molecule is Br.Br.c1ccc(-c2ccsn2)[c]([Ni][c]2ccccc2-c2ccsn2)c1. The summed E-state index contributed by atoms with van der Waals surface area (Å²) in [6.07, 6.45) is 0. The summed E-state index contributed by atoms with van der Waals surface area (Å²) in [6.45, 7) is 0. The van der Waals surface area contributed by atoms with Crippen LogP contribution in [0.25, 0.3) is 22.5 Å². The molecule has 2 aromatic carbocycles. The first kappa shape index (κ1) is 20.5. The number of rotatable bonds is 4. The molecule has 4 aromatic rings. The van der Waals surface area contributed by atoms with Crippen LogP contribution in [0.3, 0.4) is 0 Å². The van der Waals surface area contributed by atoms with E-state index in [4.69, 9.17) is 0 Å². The third kappa shape index (κ3) is 4.66. The van der Waals surface area contributed by atoms with Crippen molar-refractivity contribution in [2.45, 2.75) is 0 Å². The molecule has 2 aromatic heterocycles. The second kappa shape index (κ2) is 9.74.